The van der Waals surface area contributed by atoms with Gasteiger partial charge in [-0.15, -0.1) is 11.3 Å². The number of nitrogens with one attached hydrogen (secondary N) is 1. The Morgan fingerprint density at radius 2 is 1.94 bits per heavy atom. The van der Waals surface area contributed by atoms with Crippen LogP contribution >= 0.6 is 11.3 Å². The maximum atomic E-state index is 3.33. The predicted octanol–water partition coefficient (Wildman–Crippen LogP) is 3.97. The molecule has 1 saturated carbocycles. The molecule has 3 rings (SSSR count). The normalized spacial score (nSPS) is 16.8. The van der Waals surface area contributed by atoms with Crippen molar-refractivity contribution < 1.29 is 0 Å². The fourth-order valence-corrected chi connectivity index (χ4v) is 3.58. The van der Waals surface area contributed by atoms with Crippen LogP contribution in [0.15, 0.2) is 35.7 Å². The third-order valence-corrected chi connectivity index (χ3v) is 4.90. The lowest BCUT2D eigenvalue weighted by atomic mass is 9.98. The number of aryl methyl sites for hydroxylation is 1. The molecule has 0 spiro atoms. The Hall–Kier alpha value is -1.12. The van der Waals surface area contributed by atoms with Gasteiger partial charge in [0.05, 0.1) is 0 Å². The van der Waals surface area contributed by atoms with Crippen LogP contribution in [0.25, 0.3) is 10.4 Å². The molecule has 0 unspecified atom stereocenters. The molecule has 2 aromatic rings. The molecule has 0 radical (unpaired) electrons. The molecular weight excluding hydrogens is 238 g/mol. The van der Waals surface area contributed by atoms with Crippen LogP contribution in [-0.4, -0.2) is 13.6 Å². The zero-order valence-corrected chi connectivity index (χ0v) is 11.8. The molecule has 1 aliphatic rings. The lowest BCUT2D eigenvalue weighted by molar-refractivity contribution is 0.626. The van der Waals surface area contributed by atoms with Gasteiger partial charge in [0.15, 0.2) is 0 Å². The highest BCUT2D eigenvalue weighted by atomic mass is 32.1. The third-order valence-electron chi connectivity index (χ3n) is 3.92. The zero-order valence-electron chi connectivity index (χ0n) is 11.0. The first-order valence-electron chi connectivity index (χ1n) is 6.54. The van der Waals surface area contributed by atoms with Crippen molar-refractivity contribution in [3.63, 3.8) is 0 Å². The van der Waals surface area contributed by atoms with E-state index in [2.05, 4.69) is 48.0 Å². The van der Waals surface area contributed by atoms with Gasteiger partial charge in [-0.1, -0.05) is 29.8 Å². The molecule has 2 heteroatoms. The van der Waals surface area contributed by atoms with E-state index in [0.29, 0.717) is 5.41 Å². The fourth-order valence-electron chi connectivity index (χ4n) is 2.54. The van der Waals surface area contributed by atoms with Crippen molar-refractivity contribution in [1.82, 2.24) is 5.32 Å². The first-order chi connectivity index (χ1) is 8.73. The molecule has 1 nitrogen and oxygen atoms in total. The monoisotopic (exact) mass is 257 g/mol. The minimum absolute atomic E-state index is 0.439. The first-order valence-corrected chi connectivity index (χ1v) is 7.42. The van der Waals surface area contributed by atoms with Crippen LogP contribution in [0.5, 0.6) is 0 Å². The van der Waals surface area contributed by atoms with Crippen LogP contribution in [0, 0.1) is 6.92 Å². The number of hydrogen-bond acceptors (Lipinski definition) is 2. The maximum absolute atomic E-state index is 3.33. The number of thiophene rings is 1. The standard InChI is InChI=1S/C16H19NS/c1-12-3-5-13(6-4-12)15-9-14(10-18-15)16(7-8-16)11-17-2/h3-6,9-10,17H,7-8,11H2,1-2H3. The summed E-state index contributed by atoms with van der Waals surface area (Å²) < 4.78 is 0. The molecule has 0 saturated heterocycles. The average Bonchev–Trinajstić information content (AvgIpc) is 2.99. The van der Waals surface area contributed by atoms with Gasteiger partial charge in [-0.2, -0.15) is 0 Å². The zero-order chi connectivity index (χ0) is 12.6. The highest BCUT2D eigenvalue weighted by Gasteiger charge is 2.44. The number of benzene rings is 1. The van der Waals surface area contributed by atoms with E-state index in [-0.39, 0.29) is 0 Å². The van der Waals surface area contributed by atoms with Crippen LogP contribution < -0.4 is 5.32 Å². The minimum atomic E-state index is 0.439. The van der Waals surface area contributed by atoms with E-state index >= 15 is 0 Å². The second kappa shape index (κ2) is 4.52. The molecule has 18 heavy (non-hydrogen) atoms. The summed E-state index contributed by atoms with van der Waals surface area (Å²) in [6, 6.07) is 11.2. The van der Waals surface area contributed by atoms with Gasteiger partial charge in [0.25, 0.3) is 0 Å². The summed E-state index contributed by atoms with van der Waals surface area (Å²) >= 11 is 1.87. The van der Waals surface area contributed by atoms with Crippen LogP contribution in [0.1, 0.15) is 24.0 Å². The largest absolute Gasteiger partial charge is 0.319 e. The quantitative estimate of drug-likeness (QED) is 0.873. The van der Waals surface area contributed by atoms with Crippen LogP contribution in [0.3, 0.4) is 0 Å². The van der Waals surface area contributed by atoms with Crippen LogP contribution in [0.2, 0.25) is 0 Å². The van der Waals surface area contributed by atoms with E-state index in [4.69, 9.17) is 0 Å². The maximum Gasteiger partial charge on any atom is 0.0345 e. The van der Waals surface area contributed by atoms with Gasteiger partial charge >= 0.3 is 0 Å². The Labute approximate surface area is 113 Å². The molecule has 0 amide bonds. The van der Waals surface area contributed by atoms with Gasteiger partial charge in [0.2, 0.25) is 0 Å². The molecule has 0 aliphatic heterocycles. The lowest BCUT2D eigenvalue weighted by Crippen LogP contribution is -2.22. The summed E-state index contributed by atoms with van der Waals surface area (Å²) in [5.41, 5.74) is 4.63. The summed E-state index contributed by atoms with van der Waals surface area (Å²) in [5.74, 6) is 0. The lowest BCUT2D eigenvalue weighted by Gasteiger charge is -2.12. The molecule has 1 fully saturated rings. The van der Waals surface area contributed by atoms with E-state index in [1.807, 2.05) is 18.4 Å². The van der Waals surface area contributed by atoms with E-state index < -0.39 is 0 Å². The van der Waals surface area contributed by atoms with Crippen molar-refractivity contribution >= 4 is 11.3 Å². The molecule has 0 atom stereocenters. The van der Waals surface area contributed by atoms with Crippen LogP contribution in [0.4, 0.5) is 0 Å². The van der Waals surface area contributed by atoms with E-state index in [1.165, 1.54) is 34.4 Å². The summed E-state index contributed by atoms with van der Waals surface area (Å²) in [6.07, 6.45) is 2.66. The highest BCUT2D eigenvalue weighted by Crippen LogP contribution is 2.49. The molecule has 94 valence electrons. The predicted molar refractivity (Wildman–Crippen MR) is 79.3 cm³/mol. The van der Waals surface area contributed by atoms with E-state index in [0.717, 1.165) is 6.54 Å². The van der Waals surface area contributed by atoms with Crippen molar-refractivity contribution in [3.8, 4) is 10.4 Å². The van der Waals surface area contributed by atoms with Crippen molar-refractivity contribution in [2.75, 3.05) is 13.6 Å². The SMILES string of the molecule is CNCC1(c2csc(-c3ccc(C)cc3)c2)CC1. The van der Waals surface area contributed by atoms with Gasteiger partial charge in [-0.25, -0.2) is 0 Å². The van der Waals surface area contributed by atoms with Crippen molar-refractivity contribution in [3.05, 3.63) is 46.8 Å². The smallest absolute Gasteiger partial charge is 0.0345 e. The van der Waals surface area contributed by atoms with Gasteiger partial charge in [0.1, 0.15) is 0 Å². The summed E-state index contributed by atoms with van der Waals surface area (Å²) in [7, 11) is 2.05. The van der Waals surface area contributed by atoms with Gasteiger partial charge in [-0.05, 0) is 49.4 Å². The van der Waals surface area contributed by atoms with Crippen LogP contribution in [-0.2, 0) is 5.41 Å². The Morgan fingerprint density at radius 3 is 2.56 bits per heavy atom. The highest BCUT2D eigenvalue weighted by molar-refractivity contribution is 7.13. The Bertz CT molecular complexity index is 534. The van der Waals surface area contributed by atoms with E-state index in [1.54, 1.807) is 0 Å². The number of hydrogen-bond donors (Lipinski definition) is 1. The van der Waals surface area contributed by atoms with Gasteiger partial charge < -0.3 is 5.32 Å². The fraction of sp³-hybridized carbons (Fsp3) is 0.375. The molecule has 1 aromatic heterocycles. The summed E-state index contributed by atoms with van der Waals surface area (Å²) in [6.45, 7) is 3.24. The summed E-state index contributed by atoms with van der Waals surface area (Å²) in [5, 5.41) is 5.68. The van der Waals surface area contributed by atoms with Crippen molar-refractivity contribution in [2.24, 2.45) is 0 Å². The molecular formula is C16H19NS. The molecule has 1 aliphatic carbocycles. The average molecular weight is 257 g/mol. The third kappa shape index (κ3) is 2.11. The Balaban J connectivity index is 1.88. The number of likely N-dealkylation sites (N-methyl/N-ethyl adjacent to an activating group) is 1. The first kappa shape index (κ1) is 11.9. The van der Waals surface area contributed by atoms with Gasteiger partial charge in [-0.3, -0.25) is 0 Å². The Kier molecular flexibility index (Phi) is 3.00. The number of rotatable bonds is 4. The second-order valence-electron chi connectivity index (χ2n) is 5.38. The molecule has 1 N–H and O–H groups in total. The molecule has 1 heterocycles. The molecule has 0 bridgehead atoms. The molecule has 1 aromatic carbocycles. The Morgan fingerprint density at radius 1 is 1.22 bits per heavy atom. The summed E-state index contributed by atoms with van der Waals surface area (Å²) in [4.78, 5) is 1.40. The minimum Gasteiger partial charge on any atom is -0.319 e. The van der Waals surface area contributed by atoms with Gasteiger partial charge in [0, 0.05) is 16.8 Å². The van der Waals surface area contributed by atoms with Crippen molar-refractivity contribution in [2.45, 2.75) is 25.2 Å². The van der Waals surface area contributed by atoms with Crippen molar-refractivity contribution in [1.29, 1.82) is 0 Å². The second-order valence-corrected chi connectivity index (χ2v) is 6.29. The topological polar surface area (TPSA) is 12.0 Å². The van der Waals surface area contributed by atoms with E-state index in [9.17, 15) is 0 Å².